The van der Waals surface area contributed by atoms with E-state index in [1.54, 1.807) is 0 Å². The van der Waals surface area contributed by atoms with Crippen LogP contribution in [0.5, 0.6) is 0 Å². The third-order valence-electron chi connectivity index (χ3n) is 6.48. The molecular formula is C23H37N3O. The number of benzene rings is 1. The Labute approximate surface area is 165 Å². The van der Waals surface area contributed by atoms with Crippen molar-refractivity contribution in [2.45, 2.75) is 64.0 Å². The molecule has 1 unspecified atom stereocenters. The Hall–Kier alpha value is -1.39. The van der Waals surface area contributed by atoms with Gasteiger partial charge in [0.05, 0.1) is 0 Å². The van der Waals surface area contributed by atoms with E-state index in [0.29, 0.717) is 6.04 Å². The molecule has 1 aliphatic heterocycles. The molecule has 0 spiro atoms. The molecule has 3 rings (SSSR count). The van der Waals surface area contributed by atoms with Gasteiger partial charge in [-0.3, -0.25) is 9.69 Å². The zero-order chi connectivity index (χ0) is 19.1. The number of likely N-dealkylation sites (N-methyl/N-ethyl adjacent to an activating group) is 1. The Kier molecular flexibility index (Phi) is 7.71. The van der Waals surface area contributed by atoms with Gasteiger partial charge in [0.25, 0.3) is 0 Å². The second kappa shape index (κ2) is 10.2. The normalized spacial score (nSPS) is 21.3. The number of rotatable bonds is 7. The largest absolute Gasteiger partial charge is 0.352 e. The summed E-state index contributed by atoms with van der Waals surface area (Å²) in [7, 11) is 2.03. The van der Waals surface area contributed by atoms with Gasteiger partial charge in [0.1, 0.15) is 6.04 Å². The van der Waals surface area contributed by atoms with Crippen LogP contribution in [0.3, 0.4) is 0 Å². The molecule has 1 aromatic rings. The lowest BCUT2D eigenvalue weighted by molar-refractivity contribution is -0.127. The summed E-state index contributed by atoms with van der Waals surface area (Å²) in [6, 6.07) is 10.3. The molecule has 27 heavy (non-hydrogen) atoms. The maximum atomic E-state index is 13.0. The van der Waals surface area contributed by atoms with Crippen molar-refractivity contribution < 1.29 is 4.79 Å². The monoisotopic (exact) mass is 371 g/mol. The van der Waals surface area contributed by atoms with Crippen molar-refractivity contribution in [3.63, 3.8) is 0 Å². The molecule has 0 bridgehead atoms. The van der Waals surface area contributed by atoms with Crippen molar-refractivity contribution in [2.24, 2.45) is 5.92 Å². The molecule has 1 N–H and O–H groups in total. The van der Waals surface area contributed by atoms with Crippen LogP contribution in [0, 0.1) is 5.92 Å². The zero-order valence-electron chi connectivity index (χ0n) is 17.2. The van der Waals surface area contributed by atoms with E-state index in [1.807, 2.05) is 25.2 Å². The molecule has 1 heterocycles. The maximum Gasteiger partial charge on any atom is 0.242 e. The van der Waals surface area contributed by atoms with Gasteiger partial charge < -0.3 is 10.2 Å². The summed E-state index contributed by atoms with van der Waals surface area (Å²) in [5, 5.41) is 3.35. The van der Waals surface area contributed by atoms with E-state index >= 15 is 0 Å². The lowest BCUT2D eigenvalue weighted by Gasteiger charge is -2.36. The van der Waals surface area contributed by atoms with Crippen LogP contribution < -0.4 is 5.32 Å². The molecule has 2 aliphatic rings. The first-order valence-corrected chi connectivity index (χ1v) is 10.9. The van der Waals surface area contributed by atoms with E-state index in [0.717, 1.165) is 44.0 Å². The van der Waals surface area contributed by atoms with Gasteiger partial charge in [0.2, 0.25) is 5.91 Å². The van der Waals surface area contributed by atoms with Crippen molar-refractivity contribution in [3.8, 4) is 0 Å². The van der Waals surface area contributed by atoms with E-state index in [1.165, 1.54) is 38.6 Å². The van der Waals surface area contributed by atoms with Gasteiger partial charge in [-0.05, 0) is 50.8 Å². The summed E-state index contributed by atoms with van der Waals surface area (Å²) < 4.78 is 0. The van der Waals surface area contributed by atoms with Crippen molar-refractivity contribution in [2.75, 3.05) is 33.2 Å². The number of piperidine rings is 1. The smallest absolute Gasteiger partial charge is 0.242 e. The molecule has 1 saturated carbocycles. The molecule has 1 amide bonds. The molecule has 0 aromatic heterocycles. The predicted octanol–water partition coefficient (Wildman–Crippen LogP) is 3.84. The minimum atomic E-state index is -0.198. The van der Waals surface area contributed by atoms with Crippen LogP contribution >= 0.6 is 0 Å². The number of nitrogens with one attached hydrogen (secondary N) is 1. The number of hydrogen-bond acceptors (Lipinski definition) is 3. The summed E-state index contributed by atoms with van der Waals surface area (Å²) in [6.45, 7) is 6.48. The average molecular weight is 372 g/mol. The molecule has 150 valence electrons. The van der Waals surface area contributed by atoms with Gasteiger partial charge in [0.15, 0.2) is 0 Å². The van der Waals surface area contributed by atoms with Gasteiger partial charge in [-0.15, -0.1) is 0 Å². The maximum absolute atomic E-state index is 13.0. The Morgan fingerprint density at radius 2 is 1.78 bits per heavy atom. The Balaban J connectivity index is 1.50. The fourth-order valence-corrected chi connectivity index (χ4v) is 4.70. The fraction of sp³-hybridized carbons (Fsp3) is 0.696. The van der Waals surface area contributed by atoms with Gasteiger partial charge in [0, 0.05) is 25.7 Å². The van der Waals surface area contributed by atoms with Crippen molar-refractivity contribution >= 4 is 5.91 Å². The molecule has 4 nitrogen and oxygen atoms in total. The van der Waals surface area contributed by atoms with E-state index in [2.05, 4.69) is 34.2 Å². The minimum absolute atomic E-state index is 0.149. The summed E-state index contributed by atoms with van der Waals surface area (Å²) in [6.07, 6.45) is 9.26. The summed E-state index contributed by atoms with van der Waals surface area (Å²) >= 11 is 0. The number of carbonyl (C=O) groups excluding carboxylic acids is 1. The highest BCUT2D eigenvalue weighted by Crippen LogP contribution is 2.26. The van der Waals surface area contributed by atoms with Crippen LogP contribution in [0.2, 0.25) is 0 Å². The topological polar surface area (TPSA) is 35.6 Å². The van der Waals surface area contributed by atoms with Crippen LogP contribution in [0.4, 0.5) is 0 Å². The number of carbonyl (C=O) groups is 1. The van der Waals surface area contributed by atoms with Crippen LogP contribution in [-0.4, -0.2) is 55.0 Å². The second-order valence-electron chi connectivity index (χ2n) is 8.47. The van der Waals surface area contributed by atoms with E-state index < -0.39 is 0 Å². The zero-order valence-corrected chi connectivity index (χ0v) is 17.2. The van der Waals surface area contributed by atoms with Crippen LogP contribution in [0.15, 0.2) is 30.3 Å². The number of likely N-dealkylation sites (tertiary alicyclic amines) is 1. The standard InChI is InChI=1S/C23H37N3O/c1-3-25(2)22(20-12-8-5-9-13-20)23(27)24-21-14-16-26(17-15-21)18-19-10-6-4-7-11-19/h5,8-9,12-13,19,21-22H,3-4,6-7,10-11,14-18H2,1-2H3,(H,24,27). The highest BCUT2D eigenvalue weighted by Gasteiger charge is 2.28. The molecule has 1 aliphatic carbocycles. The van der Waals surface area contributed by atoms with Crippen LogP contribution in [0.1, 0.15) is 63.5 Å². The quantitative estimate of drug-likeness (QED) is 0.791. The SMILES string of the molecule is CCN(C)C(C(=O)NC1CCN(CC2CCCCC2)CC1)c1ccccc1. The van der Waals surface area contributed by atoms with Gasteiger partial charge in [-0.1, -0.05) is 56.5 Å². The molecule has 0 radical (unpaired) electrons. The third-order valence-corrected chi connectivity index (χ3v) is 6.48. The summed E-state index contributed by atoms with van der Waals surface area (Å²) in [4.78, 5) is 17.8. The van der Waals surface area contributed by atoms with Crippen molar-refractivity contribution in [1.29, 1.82) is 0 Å². The Morgan fingerprint density at radius 1 is 1.11 bits per heavy atom. The average Bonchev–Trinajstić information content (AvgIpc) is 2.71. The lowest BCUT2D eigenvalue weighted by atomic mass is 9.88. The first kappa shape index (κ1) is 20.3. The van der Waals surface area contributed by atoms with Crippen LogP contribution in [-0.2, 0) is 4.79 Å². The molecule has 1 atom stereocenters. The molecule has 1 saturated heterocycles. The minimum Gasteiger partial charge on any atom is -0.352 e. The fourth-order valence-electron chi connectivity index (χ4n) is 4.70. The Bertz CT molecular complexity index is 562. The first-order valence-electron chi connectivity index (χ1n) is 10.9. The summed E-state index contributed by atoms with van der Waals surface area (Å²) in [5.41, 5.74) is 1.08. The molecule has 4 heteroatoms. The number of hydrogen-bond donors (Lipinski definition) is 1. The van der Waals surface area contributed by atoms with E-state index in [-0.39, 0.29) is 11.9 Å². The molecular weight excluding hydrogens is 334 g/mol. The van der Waals surface area contributed by atoms with Crippen LogP contribution in [0.25, 0.3) is 0 Å². The van der Waals surface area contributed by atoms with Gasteiger partial charge in [-0.2, -0.15) is 0 Å². The predicted molar refractivity (Wildman–Crippen MR) is 112 cm³/mol. The lowest BCUT2D eigenvalue weighted by Crippen LogP contribution is -2.48. The van der Waals surface area contributed by atoms with Gasteiger partial charge in [-0.25, -0.2) is 0 Å². The number of amides is 1. The highest BCUT2D eigenvalue weighted by atomic mass is 16.2. The van der Waals surface area contributed by atoms with Gasteiger partial charge >= 0.3 is 0 Å². The second-order valence-corrected chi connectivity index (χ2v) is 8.47. The van der Waals surface area contributed by atoms with Crippen molar-refractivity contribution in [1.82, 2.24) is 15.1 Å². The molecule has 2 fully saturated rings. The van der Waals surface area contributed by atoms with E-state index in [4.69, 9.17) is 0 Å². The Morgan fingerprint density at radius 3 is 2.41 bits per heavy atom. The molecule has 1 aromatic carbocycles. The van der Waals surface area contributed by atoms with Crippen molar-refractivity contribution in [3.05, 3.63) is 35.9 Å². The first-order chi connectivity index (χ1) is 13.2. The number of nitrogens with zero attached hydrogens (tertiary/aromatic N) is 2. The summed E-state index contributed by atoms with van der Waals surface area (Å²) in [5.74, 6) is 1.06. The third kappa shape index (κ3) is 5.79. The highest BCUT2D eigenvalue weighted by molar-refractivity contribution is 5.83. The van der Waals surface area contributed by atoms with E-state index in [9.17, 15) is 4.79 Å².